The number of aromatic hydroxyl groups is 1. The zero-order valence-corrected chi connectivity index (χ0v) is 9.72. The van der Waals surface area contributed by atoms with Crippen molar-refractivity contribution in [3.05, 3.63) is 36.0 Å². The van der Waals surface area contributed by atoms with Crippen molar-refractivity contribution in [2.24, 2.45) is 7.05 Å². The van der Waals surface area contributed by atoms with Crippen LogP contribution in [-0.2, 0) is 13.5 Å². The molecule has 0 fully saturated rings. The van der Waals surface area contributed by atoms with Gasteiger partial charge in [0.25, 0.3) is 0 Å². The van der Waals surface area contributed by atoms with Crippen molar-refractivity contribution in [1.82, 2.24) is 9.78 Å². The first-order valence-electron chi connectivity index (χ1n) is 5.46. The summed E-state index contributed by atoms with van der Waals surface area (Å²) in [6, 6.07) is 7.17. The van der Waals surface area contributed by atoms with E-state index in [-0.39, 0.29) is 5.75 Å². The van der Waals surface area contributed by atoms with E-state index in [2.05, 4.69) is 10.4 Å². The van der Waals surface area contributed by atoms with Gasteiger partial charge in [0, 0.05) is 19.8 Å². The molecule has 4 N–H and O–H groups in total. The Labute approximate surface area is 99.9 Å². The Morgan fingerprint density at radius 3 is 2.65 bits per heavy atom. The quantitative estimate of drug-likeness (QED) is 0.744. The van der Waals surface area contributed by atoms with Crippen molar-refractivity contribution >= 4 is 11.5 Å². The number of rotatable bonds is 4. The number of aromatic nitrogens is 2. The summed E-state index contributed by atoms with van der Waals surface area (Å²) in [5.41, 5.74) is 7.57. The number of phenolic OH excluding ortho intramolecular Hbond substituents is 1. The number of nitrogens with zero attached hydrogens (tertiary/aromatic N) is 2. The minimum atomic E-state index is 0.288. The number of hydrogen-bond acceptors (Lipinski definition) is 4. The summed E-state index contributed by atoms with van der Waals surface area (Å²) < 4.78 is 1.68. The standard InChI is InChI=1S/C12H16N4O/c1-16-8-11(13)12(15-16)14-7-6-9-2-4-10(17)5-3-9/h2-5,8,17H,6-7,13H2,1H3,(H,14,15). The van der Waals surface area contributed by atoms with Gasteiger partial charge in [0.15, 0.2) is 5.82 Å². The van der Waals surface area contributed by atoms with Gasteiger partial charge >= 0.3 is 0 Å². The van der Waals surface area contributed by atoms with Crippen molar-refractivity contribution in [1.29, 1.82) is 0 Å². The van der Waals surface area contributed by atoms with Gasteiger partial charge in [0.1, 0.15) is 5.75 Å². The molecule has 0 atom stereocenters. The molecule has 1 heterocycles. The lowest BCUT2D eigenvalue weighted by atomic mass is 10.1. The van der Waals surface area contributed by atoms with Gasteiger partial charge in [-0.3, -0.25) is 4.68 Å². The predicted octanol–water partition coefficient (Wildman–Crippen LogP) is 1.36. The lowest BCUT2D eigenvalue weighted by molar-refractivity contribution is 0.475. The van der Waals surface area contributed by atoms with E-state index in [9.17, 15) is 0 Å². The lowest BCUT2D eigenvalue weighted by Crippen LogP contribution is -2.07. The fourth-order valence-corrected chi connectivity index (χ4v) is 1.63. The van der Waals surface area contributed by atoms with Crippen LogP contribution in [0.15, 0.2) is 30.5 Å². The second-order valence-electron chi connectivity index (χ2n) is 3.95. The van der Waals surface area contributed by atoms with Crippen LogP contribution in [0.2, 0.25) is 0 Å². The zero-order chi connectivity index (χ0) is 12.3. The first-order valence-corrected chi connectivity index (χ1v) is 5.46. The molecule has 1 aromatic carbocycles. The highest BCUT2D eigenvalue weighted by Gasteiger charge is 2.02. The van der Waals surface area contributed by atoms with Crippen LogP contribution in [0.25, 0.3) is 0 Å². The van der Waals surface area contributed by atoms with Gasteiger partial charge in [0.2, 0.25) is 0 Å². The van der Waals surface area contributed by atoms with Gasteiger partial charge < -0.3 is 16.2 Å². The number of nitrogen functional groups attached to an aromatic ring is 1. The number of phenols is 1. The molecule has 5 heteroatoms. The molecule has 0 aliphatic heterocycles. The molecule has 0 saturated carbocycles. The SMILES string of the molecule is Cn1cc(N)c(NCCc2ccc(O)cc2)n1. The normalized spacial score (nSPS) is 10.4. The highest BCUT2D eigenvalue weighted by Crippen LogP contribution is 2.14. The Morgan fingerprint density at radius 2 is 2.06 bits per heavy atom. The van der Waals surface area contributed by atoms with Crippen LogP contribution >= 0.6 is 0 Å². The summed E-state index contributed by atoms with van der Waals surface area (Å²) in [5, 5.41) is 16.5. The smallest absolute Gasteiger partial charge is 0.171 e. The molecular weight excluding hydrogens is 216 g/mol. The summed E-state index contributed by atoms with van der Waals surface area (Å²) in [6.07, 6.45) is 2.62. The molecule has 0 aliphatic carbocycles. The Kier molecular flexibility index (Phi) is 3.18. The fraction of sp³-hybridized carbons (Fsp3) is 0.250. The molecule has 2 rings (SSSR count). The van der Waals surface area contributed by atoms with Crippen LogP contribution in [0.3, 0.4) is 0 Å². The number of aryl methyl sites for hydroxylation is 1. The molecule has 17 heavy (non-hydrogen) atoms. The molecule has 1 aromatic heterocycles. The highest BCUT2D eigenvalue weighted by molar-refractivity contribution is 5.59. The molecular formula is C12H16N4O. The van der Waals surface area contributed by atoms with Crippen LogP contribution in [-0.4, -0.2) is 21.4 Å². The lowest BCUT2D eigenvalue weighted by Gasteiger charge is -2.04. The summed E-state index contributed by atoms with van der Waals surface area (Å²) in [6.45, 7) is 0.756. The van der Waals surface area contributed by atoms with E-state index in [0.717, 1.165) is 18.5 Å². The average Bonchev–Trinajstić information content (AvgIpc) is 2.60. The summed E-state index contributed by atoms with van der Waals surface area (Å²) >= 11 is 0. The van der Waals surface area contributed by atoms with Crippen molar-refractivity contribution in [3.8, 4) is 5.75 Å². The van der Waals surface area contributed by atoms with Crippen LogP contribution in [0, 0.1) is 0 Å². The van der Waals surface area contributed by atoms with E-state index in [1.165, 1.54) is 0 Å². The van der Waals surface area contributed by atoms with E-state index in [4.69, 9.17) is 10.8 Å². The maximum Gasteiger partial charge on any atom is 0.171 e. The number of anilines is 2. The Bertz CT molecular complexity index is 490. The van der Waals surface area contributed by atoms with Gasteiger partial charge in [0.05, 0.1) is 5.69 Å². The summed E-state index contributed by atoms with van der Waals surface area (Å²) in [4.78, 5) is 0. The van der Waals surface area contributed by atoms with Crippen molar-refractivity contribution < 1.29 is 5.11 Å². The highest BCUT2D eigenvalue weighted by atomic mass is 16.3. The Balaban J connectivity index is 1.87. The molecule has 90 valence electrons. The van der Waals surface area contributed by atoms with Gasteiger partial charge in [-0.1, -0.05) is 12.1 Å². The number of benzene rings is 1. The van der Waals surface area contributed by atoms with Crippen molar-refractivity contribution in [2.75, 3.05) is 17.6 Å². The molecule has 0 radical (unpaired) electrons. The minimum Gasteiger partial charge on any atom is -0.508 e. The third-order valence-corrected chi connectivity index (χ3v) is 2.50. The number of nitrogens with two attached hydrogens (primary N) is 1. The van der Waals surface area contributed by atoms with E-state index in [0.29, 0.717) is 11.5 Å². The number of nitrogens with one attached hydrogen (secondary N) is 1. The van der Waals surface area contributed by atoms with E-state index >= 15 is 0 Å². The summed E-state index contributed by atoms with van der Waals surface area (Å²) in [5.74, 6) is 1.00. The maximum absolute atomic E-state index is 9.15. The van der Waals surface area contributed by atoms with E-state index in [1.54, 1.807) is 23.0 Å². The molecule has 0 unspecified atom stereocenters. The molecule has 0 spiro atoms. The van der Waals surface area contributed by atoms with E-state index in [1.807, 2.05) is 19.2 Å². The molecule has 0 saturated heterocycles. The topological polar surface area (TPSA) is 76.1 Å². The van der Waals surface area contributed by atoms with Crippen LogP contribution < -0.4 is 11.1 Å². The van der Waals surface area contributed by atoms with Crippen LogP contribution in [0.1, 0.15) is 5.56 Å². The van der Waals surface area contributed by atoms with Gasteiger partial charge in [-0.2, -0.15) is 5.10 Å². The van der Waals surface area contributed by atoms with Crippen LogP contribution in [0.4, 0.5) is 11.5 Å². The van der Waals surface area contributed by atoms with Crippen molar-refractivity contribution in [2.45, 2.75) is 6.42 Å². The molecule has 0 amide bonds. The van der Waals surface area contributed by atoms with Gasteiger partial charge in [-0.15, -0.1) is 0 Å². The van der Waals surface area contributed by atoms with E-state index < -0.39 is 0 Å². The summed E-state index contributed by atoms with van der Waals surface area (Å²) in [7, 11) is 1.83. The van der Waals surface area contributed by atoms with Crippen molar-refractivity contribution in [3.63, 3.8) is 0 Å². The monoisotopic (exact) mass is 232 g/mol. The maximum atomic E-state index is 9.15. The molecule has 5 nitrogen and oxygen atoms in total. The first-order chi connectivity index (χ1) is 8.15. The zero-order valence-electron chi connectivity index (χ0n) is 9.72. The fourth-order valence-electron chi connectivity index (χ4n) is 1.63. The third-order valence-electron chi connectivity index (χ3n) is 2.50. The second kappa shape index (κ2) is 4.78. The molecule has 0 bridgehead atoms. The third kappa shape index (κ3) is 2.90. The minimum absolute atomic E-state index is 0.288. The van der Waals surface area contributed by atoms with Gasteiger partial charge in [-0.05, 0) is 24.1 Å². The number of hydrogen-bond donors (Lipinski definition) is 3. The molecule has 2 aromatic rings. The Hall–Kier alpha value is -2.17. The van der Waals surface area contributed by atoms with Gasteiger partial charge in [-0.25, -0.2) is 0 Å². The second-order valence-corrected chi connectivity index (χ2v) is 3.95. The molecule has 0 aliphatic rings. The Morgan fingerprint density at radius 1 is 1.35 bits per heavy atom. The predicted molar refractivity (Wildman–Crippen MR) is 67.9 cm³/mol. The largest absolute Gasteiger partial charge is 0.508 e. The average molecular weight is 232 g/mol. The van der Waals surface area contributed by atoms with Crippen LogP contribution in [0.5, 0.6) is 5.75 Å². The first kappa shape index (κ1) is 11.3.